The molecule has 0 amide bonds. The average Bonchev–Trinajstić information content (AvgIpc) is 3.33. The Hall–Kier alpha value is -1.94. The van der Waals surface area contributed by atoms with E-state index in [-0.39, 0.29) is 18.3 Å². The fourth-order valence-corrected chi connectivity index (χ4v) is 2.54. The van der Waals surface area contributed by atoms with Crippen LogP contribution >= 0.6 is 0 Å². The zero-order valence-electron chi connectivity index (χ0n) is 13.7. The van der Waals surface area contributed by atoms with Gasteiger partial charge in [-0.1, -0.05) is 32.1 Å². The molecule has 2 atom stereocenters. The normalized spacial score (nSPS) is 21.8. The van der Waals surface area contributed by atoms with Crippen LogP contribution in [-0.2, 0) is 9.53 Å². The summed E-state index contributed by atoms with van der Waals surface area (Å²) < 4.78 is 10.8. The van der Waals surface area contributed by atoms with E-state index < -0.39 is 0 Å². The molecule has 1 aromatic rings. The van der Waals surface area contributed by atoms with Gasteiger partial charge in [-0.15, -0.1) is 0 Å². The Bertz CT molecular complexity index is 616. The van der Waals surface area contributed by atoms with Crippen LogP contribution in [-0.4, -0.2) is 30.6 Å². The standard InChI is InChI=1S/C19H23NO3/c1-13(2)18(21)12-22-7-8-23-19-6-5-16(11-20-19)14-3-4-15-10-17(15)9-14/h3-6,9,11,13,15,17H,7-8,10,12H2,1-2H3. The molecule has 0 aromatic carbocycles. The van der Waals surface area contributed by atoms with Crippen LogP contribution in [0.1, 0.15) is 25.8 Å². The lowest BCUT2D eigenvalue weighted by atomic mass is 10.0. The molecule has 4 heteroatoms. The maximum atomic E-state index is 11.4. The molecule has 3 rings (SSSR count). The van der Waals surface area contributed by atoms with E-state index in [1.165, 1.54) is 12.0 Å². The lowest BCUT2D eigenvalue weighted by molar-refractivity contribution is -0.126. The molecule has 0 spiro atoms. The Morgan fingerprint density at radius 3 is 2.87 bits per heavy atom. The Morgan fingerprint density at radius 1 is 1.30 bits per heavy atom. The Morgan fingerprint density at radius 2 is 2.17 bits per heavy atom. The number of nitrogens with zero attached hydrogens (tertiary/aromatic N) is 1. The van der Waals surface area contributed by atoms with Crippen LogP contribution in [0.2, 0.25) is 0 Å². The van der Waals surface area contributed by atoms with E-state index in [0.717, 1.165) is 17.4 Å². The van der Waals surface area contributed by atoms with E-state index in [2.05, 4.69) is 23.2 Å². The van der Waals surface area contributed by atoms with Crippen LogP contribution in [0.5, 0.6) is 5.88 Å². The van der Waals surface area contributed by atoms with Crippen LogP contribution in [0.25, 0.3) is 5.57 Å². The van der Waals surface area contributed by atoms with Crippen molar-refractivity contribution >= 4 is 11.4 Å². The topological polar surface area (TPSA) is 48.4 Å². The molecular weight excluding hydrogens is 290 g/mol. The largest absolute Gasteiger partial charge is 0.475 e. The number of aromatic nitrogens is 1. The fraction of sp³-hybridized carbons (Fsp3) is 0.474. The first-order chi connectivity index (χ1) is 11.1. The van der Waals surface area contributed by atoms with Crippen molar-refractivity contribution < 1.29 is 14.3 Å². The SMILES string of the molecule is CC(C)C(=O)COCCOc1ccc(C2=CC3CC3C=C2)cn1. The molecule has 1 heterocycles. The van der Waals surface area contributed by atoms with Gasteiger partial charge in [0.1, 0.15) is 13.2 Å². The van der Waals surface area contributed by atoms with E-state index in [1.54, 1.807) is 0 Å². The molecule has 1 aromatic heterocycles. The van der Waals surface area contributed by atoms with Crippen molar-refractivity contribution in [2.24, 2.45) is 17.8 Å². The Balaban J connectivity index is 1.41. The van der Waals surface area contributed by atoms with Crippen molar-refractivity contribution in [1.82, 2.24) is 4.98 Å². The second-order valence-corrected chi connectivity index (χ2v) is 6.45. The first-order valence-electron chi connectivity index (χ1n) is 8.23. The molecule has 122 valence electrons. The zero-order valence-corrected chi connectivity index (χ0v) is 13.7. The molecule has 4 nitrogen and oxygen atoms in total. The van der Waals surface area contributed by atoms with Gasteiger partial charge in [-0.2, -0.15) is 0 Å². The highest BCUT2D eigenvalue weighted by atomic mass is 16.5. The number of Topliss-reactive ketones (excluding diaryl/α,β-unsaturated/α-hetero) is 1. The maximum absolute atomic E-state index is 11.4. The zero-order chi connectivity index (χ0) is 16.2. The highest BCUT2D eigenvalue weighted by molar-refractivity contribution is 5.81. The summed E-state index contributed by atoms with van der Waals surface area (Å²) in [6.45, 7) is 4.67. The summed E-state index contributed by atoms with van der Waals surface area (Å²) in [6.07, 6.45) is 9.94. The minimum atomic E-state index is 0.0131. The lowest BCUT2D eigenvalue weighted by Gasteiger charge is -2.09. The third kappa shape index (κ3) is 4.29. The summed E-state index contributed by atoms with van der Waals surface area (Å²) in [6, 6.07) is 3.91. The fourth-order valence-electron chi connectivity index (χ4n) is 2.54. The molecule has 2 unspecified atom stereocenters. The second kappa shape index (κ2) is 7.09. The number of ketones is 1. The highest BCUT2D eigenvalue weighted by Gasteiger charge is 2.35. The van der Waals surface area contributed by atoms with Gasteiger partial charge < -0.3 is 9.47 Å². The maximum Gasteiger partial charge on any atom is 0.213 e. The second-order valence-electron chi connectivity index (χ2n) is 6.45. The first kappa shape index (κ1) is 15.9. The minimum absolute atomic E-state index is 0.0131. The van der Waals surface area contributed by atoms with Gasteiger partial charge in [-0.25, -0.2) is 4.98 Å². The Kier molecular flexibility index (Phi) is 4.91. The number of fused-ring (bicyclic) bond motifs is 1. The van der Waals surface area contributed by atoms with Crippen LogP contribution in [0.15, 0.2) is 36.6 Å². The number of ether oxygens (including phenoxy) is 2. The Labute approximate surface area is 137 Å². The van der Waals surface area contributed by atoms with Gasteiger partial charge in [0.25, 0.3) is 0 Å². The molecule has 2 aliphatic carbocycles. The van der Waals surface area contributed by atoms with E-state index >= 15 is 0 Å². The van der Waals surface area contributed by atoms with Crippen molar-refractivity contribution in [3.05, 3.63) is 42.1 Å². The molecule has 0 aliphatic heterocycles. The first-order valence-corrected chi connectivity index (χ1v) is 8.23. The summed E-state index contributed by atoms with van der Waals surface area (Å²) in [5.74, 6) is 2.21. The third-order valence-electron chi connectivity index (χ3n) is 4.24. The number of pyridine rings is 1. The van der Waals surface area contributed by atoms with Crippen molar-refractivity contribution in [3.8, 4) is 5.88 Å². The molecule has 0 saturated heterocycles. The lowest BCUT2D eigenvalue weighted by Crippen LogP contribution is -2.17. The van der Waals surface area contributed by atoms with Gasteiger partial charge in [0, 0.05) is 18.2 Å². The number of carbonyl (C=O) groups is 1. The summed E-state index contributed by atoms with van der Waals surface area (Å²) in [5.41, 5.74) is 2.37. The average molecular weight is 313 g/mol. The van der Waals surface area contributed by atoms with Crippen LogP contribution in [0, 0.1) is 17.8 Å². The molecule has 0 N–H and O–H groups in total. The van der Waals surface area contributed by atoms with Crippen molar-refractivity contribution in [2.75, 3.05) is 19.8 Å². The quantitative estimate of drug-likeness (QED) is 0.691. The summed E-state index contributed by atoms with van der Waals surface area (Å²) in [5, 5.41) is 0. The van der Waals surface area contributed by atoms with Crippen LogP contribution < -0.4 is 4.74 Å². The number of allylic oxidation sites excluding steroid dienone is 4. The predicted molar refractivity (Wildman–Crippen MR) is 89.1 cm³/mol. The molecule has 0 radical (unpaired) electrons. The van der Waals surface area contributed by atoms with Crippen molar-refractivity contribution in [1.29, 1.82) is 0 Å². The van der Waals surface area contributed by atoms with Gasteiger partial charge in [0.15, 0.2) is 5.78 Å². The van der Waals surface area contributed by atoms with Crippen LogP contribution in [0.4, 0.5) is 0 Å². The molecule has 0 bridgehead atoms. The smallest absolute Gasteiger partial charge is 0.213 e. The van der Waals surface area contributed by atoms with Crippen molar-refractivity contribution in [3.63, 3.8) is 0 Å². The highest BCUT2D eigenvalue weighted by Crippen LogP contribution is 2.45. The van der Waals surface area contributed by atoms with Crippen molar-refractivity contribution in [2.45, 2.75) is 20.3 Å². The van der Waals surface area contributed by atoms with Gasteiger partial charge in [-0.05, 0) is 35.5 Å². The van der Waals surface area contributed by atoms with Gasteiger partial charge in [-0.3, -0.25) is 4.79 Å². The summed E-state index contributed by atoms with van der Waals surface area (Å²) >= 11 is 0. The van der Waals surface area contributed by atoms with E-state index in [0.29, 0.717) is 19.1 Å². The van der Waals surface area contributed by atoms with E-state index in [4.69, 9.17) is 9.47 Å². The third-order valence-corrected chi connectivity index (χ3v) is 4.24. The number of hydrogen-bond acceptors (Lipinski definition) is 4. The number of carbonyl (C=O) groups excluding carboxylic acids is 1. The van der Waals surface area contributed by atoms with E-state index in [1.807, 2.05) is 32.2 Å². The molecule has 23 heavy (non-hydrogen) atoms. The molecule has 1 saturated carbocycles. The van der Waals surface area contributed by atoms with Crippen LogP contribution in [0.3, 0.4) is 0 Å². The van der Waals surface area contributed by atoms with E-state index in [9.17, 15) is 4.79 Å². The monoisotopic (exact) mass is 313 g/mol. The summed E-state index contributed by atoms with van der Waals surface area (Å²) in [4.78, 5) is 15.7. The van der Waals surface area contributed by atoms with Gasteiger partial charge in [0.05, 0.1) is 6.61 Å². The molecule has 2 aliphatic rings. The number of rotatable bonds is 8. The van der Waals surface area contributed by atoms with Gasteiger partial charge in [0.2, 0.25) is 5.88 Å². The summed E-state index contributed by atoms with van der Waals surface area (Å²) in [7, 11) is 0. The van der Waals surface area contributed by atoms with Gasteiger partial charge >= 0.3 is 0 Å². The number of hydrogen-bond donors (Lipinski definition) is 0. The minimum Gasteiger partial charge on any atom is -0.475 e. The molecule has 1 fully saturated rings. The predicted octanol–water partition coefficient (Wildman–Crippen LogP) is 3.29. The molecular formula is C19H23NO3.